The van der Waals surface area contributed by atoms with Crippen LogP contribution in [0.3, 0.4) is 0 Å². The van der Waals surface area contributed by atoms with Gasteiger partial charge >= 0.3 is 0 Å². The monoisotopic (exact) mass is 253 g/mol. The van der Waals surface area contributed by atoms with Gasteiger partial charge in [0.25, 0.3) is 0 Å². The lowest BCUT2D eigenvalue weighted by Crippen LogP contribution is -2.17. The van der Waals surface area contributed by atoms with Crippen LogP contribution < -0.4 is 5.53 Å². The second-order valence-electron chi connectivity index (χ2n) is 2.42. The Labute approximate surface area is 99.0 Å². The Balaban J connectivity index is 0.000000153. The smallest absolute Gasteiger partial charge is 0.183 e. The molecule has 0 bridgehead atoms. The molecule has 0 spiro atoms. The summed E-state index contributed by atoms with van der Waals surface area (Å²) in [4.78, 5) is 0. The molecule has 3 rings (SSSR count). The fourth-order valence-corrected chi connectivity index (χ4v) is 0.910. The molecule has 0 fully saturated rings. The van der Waals surface area contributed by atoms with Crippen LogP contribution in [0.1, 0.15) is 0 Å². The topological polar surface area (TPSA) is 128 Å². The average Bonchev–Trinajstić information content (AvgIpc) is 3.02. The molecule has 0 unspecified atom stereocenters. The van der Waals surface area contributed by atoms with E-state index in [2.05, 4.69) is 52.0 Å². The van der Waals surface area contributed by atoms with E-state index in [9.17, 15) is 0 Å². The molecule has 0 saturated heterocycles. The van der Waals surface area contributed by atoms with E-state index in [1.165, 1.54) is 0 Å². The molecule has 11 nitrogen and oxygen atoms in total. The van der Waals surface area contributed by atoms with Gasteiger partial charge in [-0.1, -0.05) is 5.22 Å². The van der Waals surface area contributed by atoms with E-state index in [0.717, 1.165) is 4.53 Å². The third kappa shape index (κ3) is 2.94. The Morgan fingerprint density at radius 3 is 2.18 bits per heavy atom. The van der Waals surface area contributed by atoms with Crippen LogP contribution in [0.4, 0.5) is 0 Å². The molecule has 1 aromatic heterocycles. The Morgan fingerprint density at radius 1 is 1.06 bits per heavy atom. The van der Waals surface area contributed by atoms with Crippen molar-refractivity contribution in [3.8, 4) is 0 Å². The van der Waals surface area contributed by atoms with Crippen molar-refractivity contribution in [2.75, 3.05) is 0 Å². The highest BCUT2D eigenvalue weighted by Gasteiger charge is 2.19. The number of hydrogen-bond donors (Lipinski definition) is 1. The molecule has 0 radical (unpaired) electrons. The Hall–Kier alpha value is -2.56. The minimum absolute atomic E-state index is 0.230. The predicted molar refractivity (Wildman–Crippen MR) is 52.2 cm³/mol. The molecule has 0 aromatic carbocycles. The van der Waals surface area contributed by atoms with Gasteiger partial charge in [0.1, 0.15) is 0 Å². The van der Waals surface area contributed by atoms with Gasteiger partial charge in [0, 0.05) is 11.8 Å². The van der Waals surface area contributed by atoms with E-state index in [4.69, 9.17) is 11.8 Å². The Morgan fingerprint density at radius 2 is 1.76 bits per heavy atom. The van der Waals surface area contributed by atoms with Gasteiger partial charge in [-0.15, -0.1) is 25.5 Å². The first-order valence-corrected chi connectivity index (χ1v) is 4.48. The lowest BCUT2D eigenvalue weighted by Gasteiger charge is -2.02. The van der Waals surface area contributed by atoms with E-state index in [0.29, 0.717) is 0 Å². The quantitative estimate of drug-likeness (QED) is 0.694. The summed E-state index contributed by atoms with van der Waals surface area (Å²) in [5, 5.41) is 30.7. The fraction of sp³-hybridized carbons (Fsp3) is 0. The fourth-order valence-electron chi connectivity index (χ4n) is 0.767. The standard InChI is InChI=1S/C3H3N3.C2HClN8/c1-2-4-6-5-3-1;3-11-2(6-9-10-11)1-4-7-8-5-1/h1-3H;(H,6,10). The van der Waals surface area contributed by atoms with Gasteiger partial charge in [0.15, 0.2) is 0 Å². The molecule has 2 aliphatic rings. The number of aromatic nitrogens is 3. The first-order chi connectivity index (χ1) is 8.38. The number of nitrogens with zero attached hydrogens (tertiary/aromatic N) is 10. The zero-order chi connectivity index (χ0) is 11.9. The van der Waals surface area contributed by atoms with E-state index < -0.39 is 0 Å². The SMILES string of the molecule is ClN1NN=NC1=C1N=NN=N1.c1cnnnc1. The maximum atomic E-state index is 5.53. The number of rotatable bonds is 0. The van der Waals surface area contributed by atoms with Crippen LogP contribution in [0.25, 0.3) is 0 Å². The van der Waals surface area contributed by atoms with Gasteiger partial charge in [-0.05, 0) is 21.7 Å². The first-order valence-electron chi connectivity index (χ1n) is 4.14. The van der Waals surface area contributed by atoms with E-state index in [1.54, 1.807) is 18.5 Å². The largest absolute Gasteiger partial charge is 0.247 e. The molecule has 12 heteroatoms. The summed E-state index contributed by atoms with van der Waals surface area (Å²) in [6.45, 7) is 0. The van der Waals surface area contributed by atoms with Crippen LogP contribution in [-0.2, 0) is 0 Å². The van der Waals surface area contributed by atoms with Gasteiger partial charge < -0.3 is 0 Å². The van der Waals surface area contributed by atoms with Gasteiger partial charge in [0.05, 0.1) is 12.4 Å². The minimum atomic E-state index is 0.230. The molecular weight excluding hydrogens is 250 g/mol. The number of halogens is 1. The molecular formula is C5H4ClN11. The summed E-state index contributed by atoms with van der Waals surface area (Å²) in [6, 6.07) is 1.72. The first kappa shape index (κ1) is 10.9. The van der Waals surface area contributed by atoms with Crippen molar-refractivity contribution in [1.29, 1.82) is 0 Å². The number of nitrogens with one attached hydrogen (secondary N) is 1. The van der Waals surface area contributed by atoms with Gasteiger partial charge in [-0.25, -0.2) is 0 Å². The van der Waals surface area contributed by atoms with Crippen molar-refractivity contribution in [2.45, 2.75) is 0 Å². The third-order valence-corrected chi connectivity index (χ3v) is 1.63. The maximum Gasteiger partial charge on any atom is 0.247 e. The summed E-state index contributed by atoms with van der Waals surface area (Å²) in [7, 11) is 0. The van der Waals surface area contributed by atoms with Crippen LogP contribution in [0.2, 0.25) is 0 Å². The highest BCUT2D eigenvalue weighted by molar-refractivity contribution is 6.14. The summed E-state index contributed by atoms with van der Waals surface area (Å²) < 4.78 is 1.04. The molecule has 1 N–H and O–H groups in total. The summed E-state index contributed by atoms with van der Waals surface area (Å²) >= 11 is 5.53. The Bertz CT molecular complexity index is 437. The molecule has 0 saturated carbocycles. The second-order valence-corrected chi connectivity index (χ2v) is 2.76. The van der Waals surface area contributed by atoms with Crippen molar-refractivity contribution in [2.24, 2.45) is 31.0 Å². The zero-order valence-corrected chi connectivity index (χ0v) is 8.84. The summed E-state index contributed by atoms with van der Waals surface area (Å²) in [6.07, 6.45) is 3.15. The second kappa shape index (κ2) is 5.50. The van der Waals surface area contributed by atoms with Crippen molar-refractivity contribution in [3.05, 3.63) is 30.1 Å². The van der Waals surface area contributed by atoms with Crippen LogP contribution in [0.5, 0.6) is 0 Å². The summed E-state index contributed by atoms with van der Waals surface area (Å²) in [5.74, 6) is 0.505. The highest BCUT2D eigenvalue weighted by Crippen LogP contribution is 2.22. The van der Waals surface area contributed by atoms with Crippen LogP contribution in [-0.4, -0.2) is 19.9 Å². The molecule has 17 heavy (non-hydrogen) atoms. The molecule has 0 amide bonds. The van der Waals surface area contributed by atoms with Crippen molar-refractivity contribution < 1.29 is 0 Å². The predicted octanol–water partition coefficient (Wildman–Crippen LogP) is 1.16. The lowest BCUT2D eigenvalue weighted by atomic mass is 10.7. The van der Waals surface area contributed by atoms with Gasteiger partial charge in [-0.2, -0.15) is 10.1 Å². The van der Waals surface area contributed by atoms with Gasteiger partial charge in [-0.3, -0.25) is 0 Å². The van der Waals surface area contributed by atoms with Gasteiger partial charge in [0.2, 0.25) is 11.6 Å². The van der Waals surface area contributed by atoms with Crippen LogP contribution in [0, 0.1) is 0 Å². The third-order valence-electron chi connectivity index (χ3n) is 1.39. The van der Waals surface area contributed by atoms with Crippen molar-refractivity contribution in [3.63, 3.8) is 0 Å². The molecule has 0 atom stereocenters. The summed E-state index contributed by atoms with van der Waals surface area (Å²) in [5.41, 5.74) is 2.34. The molecule has 86 valence electrons. The average molecular weight is 254 g/mol. The van der Waals surface area contributed by atoms with Crippen LogP contribution >= 0.6 is 11.8 Å². The highest BCUT2D eigenvalue weighted by atomic mass is 35.5. The van der Waals surface area contributed by atoms with Crippen molar-refractivity contribution >= 4 is 11.8 Å². The molecule has 1 aromatic rings. The van der Waals surface area contributed by atoms with Crippen molar-refractivity contribution in [1.82, 2.24) is 25.5 Å². The number of hydrazine groups is 1. The normalized spacial score (nSPS) is 15.9. The lowest BCUT2D eigenvalue weighted by molar-refractivity contribution is 0.462. The van der Waals surface area contributed by atoms with E-state index in [1.807, 2.05) is 0 Å². The van der Waals surface area contributed by atoms with E-state index in [-0.39, 0.29) is 11.6 Å². The molecule has 2 aliphatic heterocycles. The zero-order valence-electron chi connectivity index (χ0n) is 8.08. The number of hydrogen-bond acceptors (Lipinski definition) is 11. The Kier molecular flexibility index (Phi) is 3.54. The minimum Gasteiger partial charge on any atom is -0.183 e. The molecule has 3 heterocycles. The van der Waals surface area contributed by atoms with Crippen LogP contribution in [0.15, 0.2) is 61.1 Å². The van der Waals surface area contributed by atoms with E-state index >= 15 is 0 Å². The maximum absolute atomic E-state index is 5.53. The molecule has 0 aliphatic carbocycles.